The standard InChI is InChI=1S/C9H12Cl2N2S/c1-7-13-9(6-14-7)2-3-12-5-8(11)4-10/h4,6,12H,2-3,5H2,1H3. The molecule has 78 valence electrons. The smallest absolute Gasteiger partial charge is 0.0897 e. The molecule has 0 aromatic carbocycles. The van der Waals surface area contributed by atoms with Gasteiger partial charge in [-0.1, -0.05) is 23.2 Å². The van der Waals surface area contributed by atoms with Crippen molar-refractivity contribution in [2.45, 2.75) is 13.3 Å². The SMILES string of the molecule is Cc1nc(CCNCC(Cl)=CCl)cs1. The van der Waals surface area contributed by atoms with Crippen LogP contribution in [0.3, 0.4) is 0 Å². The average molecular weight is 251 g/mol. The molecule has 0 atom stereocenters. The maximum Gasteiger partial charge on any atom is 0.0897 e. The molecule has 1 aromatic rings. The van der Waals surface area contributed by atoms with E-state index in [1.54, 1.807) is 11.3 Å². The van der Waals surface area contributed by atoms with E-state index in [0.29, 0.717) is 11.6 Å². The Morgan fingerprint density at radius 3 is 3.07 bits per heavy atom. The van der Waals surface area contributed by atoms with E-state index in [0.717, 1.165) is 23.7 Å². The van der Waals surface area contributed by atoms with Crippen molar-refractivity contribution >= 4 is 34.5 Å². The number of hydrogen-bond acceptors (Lipinski definition) is 3. The summed E-state index contributed by atoms with van der Waals surface area (Å²) in [4.78, 5) is 4.35. The van der Waals surface area contributed by atoms with E-state index in [-0.39, 0.29) is 0 Å². The second kappa shape index (κ2) is 6.40. The summed E-state index contributed by atoms with van der Waals surface area (Å²) in [6, 6.07) is 0. The molecule has 14 heavy (non-hydrogen) atoms. The fraction of sp³-hybridized carbons (Fsp3) is 0.444. The largest absolute Gasteiger partial charge is 0.311 e. The summed E-state index contributed by atoms with van der Waals surface area (Å²) >= 11 is 12.8. The fourth-order valence-electron chi connectivity index (χ4n) is 0.986. The monoisotopic (exact) mass is 250 g/mol. The fourth-order valence-corrected chi connectivity index (χ4v) is 1.80. The van der Waals surface area contributed by atoms with E-state index in [4.69, 9.17) is 23.2 Å². The van der Waals surface area contributed by atoms with Gasteiger partial charge in [0.1, 0.15) is 0 Å². The number of rotatable bonds is 5. The minimum atomic E-state index is 0.619. The molecule has 1 rings (SSSR count). The highest BCUT2D eigenvalue weighted by molar-refractivity contribution is 7.09. The highest BCUT2D eigenvalue weighted by Gasteiger charge is 1.97. The molecular formula is C9H12Cl2N2S. The summed E-state index contributed by atoms with van der Waals surface area (Å²) in [6.07, 6.45) is 0.927. The van der Waals surface area contributed by atoms with Crippen molar-refractivity contribution in [2.75, 3.05) is 13.1 Å². The molecule has 0 saturated heterocycles. The van der Waals surface area contributed by atoms with Gasteiger partial charge in [0.25, 0.3) is 0 Å². The molecular weight excluding hydrogens is 239 g/mol. The van der Waals surface area contributed by atoms with E-state index in [1.807, 2.05) is 6.92 Å². The number of aromatic nitrogens is 1. The highest BCUT2D eigenvalue weighted by atomic mass is 35.5. The van der Waals surface area contributed by atoms with E-state index in [1.165, 1.54) is 5.54 Å². The second-order valence-electron chi connectivity index (χ2n) is 2.84. The molecule has 0 saturated carbocycles. The van der Waals surface area contributed by atoms with E-state index in [9.17, 15) is 0 Å². The van der Waals surface area contributed by atoms with Gasteiger partial charge in [0.05, 0.1) is 10.7 Å². The van der Waals surface area contributed by atoms with E-state index >= 15 is 0 Å². The van der Waals surface area contributed by atoms with Crippen LogP contribution in [0.15, 0.2) is 15.9 Å². The Labute approximate surface area is 97.9 Å². The minimum Gasteiger partial charge on any atom is -0.311 e. The Morgan fingerprint density at radius 1 is 1.71 bits per heavy atom. The highest BCUT2D eigenvalue weighted by Crippen LogP contribution is 2.07. The van der Waals surface area contributed by atoms with Crippen LogP contribution in [-0.4, -0.2) is 18.1 Å². The Morgan fingerprint density at radius 2 is 2.50 bits per heavy atom. The summed E-state index contributed by atoms with van der Waals surface area (Å²) in [5.74, 6) is 0. The molecule has 0 aliphatic rings. The molecule has 0 radical (unpaired) electrons. The molecule has 5 heteroatoms. The van der Waals surface area contributed by atoms with Crippen LogP contribution in [0.25, 0.3) is 0 Å². The van der Waals surface area contributed by atoms with Crippen LogP contribution in [0.1, 0.15) is 10.7 Å². The third kappa shape index (κ3) is 4.42. The van der Waals surface area contributed by atoms with Crippen molar-refractivity contribution in [3.63, 3.8) is 0 Å². The zero-order valence-electron chi connectivity index (χ0n) is 7.89. The number of halogens is 2. The minimum absolute atomic E-state index is 0.619. The van der Waals surface area contributed by atoms with Crippen LogP contribution in [0, 0.1) is 6.92 Å². The van der Waals surface area contributed by atoms with Gasteiger partial charge in [0.2, 0.25) is 0 Å². The van der Waals surface area contributed by atoms with Gasteiger partial charge in [-0.3, -0.25) is 0 Å². The summed E-state index contributed by atoms with van der Waals surface area (Å²) < 4.78 is 0. The Hall–Kier alpha value is -0.0900. The molecule has 0 spiro atoms. The van der Waals surface area contributed by atoms with Gasteiger partial charge in [-0.15, -0.1) is 11.3 Å². The Bertz CT molecular complexity index is 310. The number of nitrogens with zero attached hydrogens (tertiary/aromatic N) is 1. The predicted octanol–water partition coefficient (Wildman–Crippen LogP) is 2.90. The number of hydrogen-bond donors (Lipinski definition) is 1. The van der Waals surface area contributed by atoms with Gasteiger partial charge < -0.3 is 5.32 Å². The lowest BCUT2D eigenvalue weighted by Gasteiger charge is -2.00. The van der Waals surface area contributed by atoms with Crippen LogP contribution in [0.2, 0.25) is 0 Å². The lowest BCUT2D eigenvalue weighted by molar-refractivity contribution is 0.731. The predicted molar refractivity (Wildman–Crippen MR) is 63.2 cm³/mol. The second-order valence-corrected chi connectivity index (χ2v) is 4.61. The zero-order chi connectivity index (χ0) is 10.4. The Kier molecular flexibility index (Phi) is 5.48. The summed E-state index contributed by atoms with van der Waals surface area (Å²) in [5.41, 5.74) is 2.51. The maximum absolute atomic E-state index is 5.70. The van der Waals surface area contributed by atoms with Gasteiger partial charge in [0.15, 0.2) is 0 Å². The molecule has 0 aliphatic heterocycles. The first kappa shape index (κ1) is 12.0. The van der Waals surface area contributed by atoms with Gasteiger partial charge in [-0.05, 0) is 6.92 Å². The summed E-state index contributed by atoms with van der Waals surface area (Å²) in [5, 5.41) is 6.99. The maximum atomic E-state index is 5.70. The number of nitrogens with one attached hydrogen (secondary N) is 1. The van der Waals surface area contributed by atoms with Crippen LogP contribution >= 0.6 is 34.5 Å². The van der Waals surface area contributed by atoms with Crippen LogP contribution < -0.4 is 5.32 Å². The number of aryl methyl sites for hydroxylation is 1. The lowest BCUT2D eigenvalue weighted by atomic mass is 10.3. The van der Waals surface area contributed by atoms with Crippen molar-refractivity contribution in [2.24, 2.45) is 0 Å². The van der Waals surface area contributed by atoms with Gasteiger partial charge in [-0.2, -0.15) is 0 Å². The first-order valence-electron chi connectivity index (χ1n) is 4.29. The first-order valence-corrected chi connectivity index (χ1v) is 5.98. The van der Waals surface area contributed by atoms with Gasteiger partial charge >= 0.3 is 0 Å². The topological polar surface area (TPSA) is 24.9 Å². The number of thiazole rings is 1. The molecule has 0 fully saturated rings. The van der Waals surface area contributed by atoms with Crippen molar-refractivity contribution < 1.29 is 0 Å². The average Bonchev–Trinajstić information content (AvgIpc) is 2.58. The molecule has 2 nitrogen and oxygen atoms in total. The van der Waals surface area contributed by atoms with Crippen molar-refractivity contribution in [1.29, 1.82) is 0 Å². The van der Waals surface area contributed by atoms with E-state index in [2.05, 4.69) is 15.7 Å². The summed E-state index contributed by atoms with van der Waals surface area (Å²) in [6.45, 7) is 3.49. The third-order valence-corrected chi connectivity index (χ3v) is 3.08. The van der Waals surface area contributed by atoms with Crippen molar-refractivity contribution in [3.8, 4) is 0 Å². The molecule has 1 aromatic heterocycles. The van der Waals surface area contributed by atoms with Crippen LogP contribution in [0.4, 0.5) is 0 Å². The van der Waals surface area contributed by atoms with Crippen LogP contribution in [-0.2, 0) is 6.42 Å². The normalized spacial score (nSPS) is 12.1. The van der Waals surface area contributed by atoms with Crippen molar-refractivity contribution in [3.05, 3.63) is 26.6 Å². The molecule has 1 N–H and O–H groups in total. The summed E-state index contributed by atoms with van der Waals surface area (Å²) in [7, 11) is 0. The van der Waals surface area contributed by atoms with Gasteiger partial charge in [-0.25, -0.2) is 4.98 Å². The lowest BCUT2D eigenvalue weighted by Crippen LogP contribution is -2.18. The quantitative estimate of drug-likeness (QED) is 0.814. The molecule has 1 heterocycles. The molecule has 0 aliphatic carbocycles. The Balaban J connectivity index is 2.16. The zero-order valence-corrected chi connectivity index (χ0v) is 10.2. The molecule has 0 amide bonds. The first-order chi connectivity index (χ1) is 6.72. The third-order valence-electron chi connectivity index (χ3n) is 1.64. The van der Waals surface area contributed by atoms with Crippen molar-refractivity contribution in [1.82, 2.24) is 10.3 Å². The van der Waals surface area contributed by atoms with Gasteiger partial charge in [0, 0.05) is 35.5 Å². The molecule has 0 bridgehead atoms. The molecule has 0 unspecified atom stereocenters. The van der Waals surface area contributed by atoms with E-state index < -0.39 is 0 Å². The van der Waals surface area contributed by atoms with Crippen LogP contribution in [0.5, 0.6) is 0 Å².